The molecule has 0 N–H and O–H groups in total. The number of pyridine rings is 2. The minimum Gasteiger partial charge on any atom is -0.344 e. The molecule has 0 unspecified atom stereocenters. The summed E-state index contributed by atoms with van der Waals surface area (Å²) < 4.78 is 27.9. The predicted octanol–water partition coefficient (Wildman–Crippen LogP) is 3.48. The topological polar surface area (TPSA) is 53.7 Å². The van der Waals surface area contributed by atoms with Crippen LogP contribution in [-0.4, -0.2) is 57.5 Å². The highest BCUT2D eigenvalue weighted by Gasteiger charge is 2.44. The lowest BCUT2D eigenvalue weighted by molar-refractivity contribution is -0.0267. The molecule has 3 aromatic rings. The normalized spacial score (nSPS) is 18.7. The number of amides is 1. The maximum atomic E-state index is 13.1. The van der Waals surface area contributed by atoms with Crippen molar-refractivity contribution in [2.24, 2.45) is 0 Å². The van der Waals surface area contributed by atoms with Gasteiger partial charge in [0.15, 0.2) is 0 Å². The number of nitrogens with zero attached hydrogens (tertiary/aromatic N) is 5. The van der Waals surface area contributed by atoms with E-state index in [9.17, 15) is 13.6 Å². The molecule has 2 aliphatic rings. The van der Waals surface area contributed by atoms with Crippen LogP contribution in [0.1, 0.15) is 29.6 Å². The molecule has 150 valence electrons. The van der Waals surface area contributed by atoms with Crippen molar-refractivity contribution in [3.8, 4) is 11.3 Å². The summed E-state index contributed by atoms with van der Waals surface area (Å²) in [7, 11) is 0. The fourth-order valence-electron chi connectivity index (χ4n) is 4.06. The Hall–Kier alpha value is -3.03. The third-order valence-electron chi connectivity index (χ3n) is 5.63. The SMILES string of the molecule is O=C(c1cnn2c(-c3ccc(N4CC(F)(F)C4)nc3)cccc12)N1CCCCC1. The second-order valence-electron chi connectivity index (χ2n) is 7.74. The first-order valence-electron chi connectivity index (χ1n) is 9.87. The Kier molecular flexibility index (Phi) is 4.22. The van der Waals surface area contributed by atoms with Crippen LogP contribution in [0, 0.1) is 0 Å². The lowest BCUT2D eigenvalue weighted by atomic mass is 10.1. The molecule has 0 bridgehead atoms. The average molecular weight is 397 g/mol. The number of rotatable bonds is 3. The van der Waals surface area contributed by atoms with Gasteiger partial charge in [-0.15, -0.1) is 0 Å². The molecule has 5 rings (SSSR count). The third kappa shape index (κ3) is 3.22. The van der Waals surface area contributed by atoms with Crippen LogP contribution in [0.5, 0.6) is 0 Å². The molecule has 2 aliphatic heterocycles. The first-order chi connectivity index (χ1) is 14.0. The molecule has 0 aliphatic carbocycles. The monoisotopic (exact) mass is 397 g/mol. The molecule has 0 spiro atoms. The first kappa shape index (κ1) is 18.0. The van der Waals surface area contributed by atoms with Gasteiger partial charge in [0.25, 0.3) is 11.8 Å². The standard InChI is InChI=1S/C21H21F2N5O/c22-21(23)13-27(14-21)19-8-7-15(11-24-19)17-5-4-6-18-16(12-25-28(17)18)20(29)26-9-2-1-3-10-26/h4-8,11-12H,1-3,9-10,13-14H2. The van der Waals surface area contributed by atoms with Gasteiger partial charge in [-0.1, -0.05) is 6.07 Å². The fourth-order valence-corrected chi connectivity index (χ4v) is 4.06. The van der Waals surface area contributed by atoms with Crippen molar-refractivity contribution in [2.75, 3.05) is 31.1 Å². The highest BCUT2D eigenvalue weighted by Crippen LogP contribution is 2.31. The van der Waals surface area contributed by atoms with Gasteiger partial charge in [-0.2, -0.15) is 5.10 Å². The Bertz CT molecular complexity index is 1050. The molecule has 0 saturated carbocycles. The Morgan fingerprint density at radius 2 is 1.79 bits per heavy atom. The molecule has 6 nitrogen and oxygen atoms in total. The second kappa shape index (κ2) is 6.79. The van der Waals surface area contributed by atoms with Gasteiger partial charge in [0.05, 0.1) is 36.1 Å². The number of piperidine rings is 1. The number of carbonyl (C=O) groups excluding carboxylic acids is 1. The average Bonchev–Trinajstić information content (AvgIpc) is 3.16. The molecule has 0 radical (unpaired) electrons. The van der Waals surface area contributed by atoms with E-state index >= 15 is 0 Å². The summed E-state index contributed by atoms with van der Waals surface area (Å²) in [6.07, 6.45) is 6.53. The van der Waals surface area contributed by atoms with Crippen LogP contribution in [0.25, 0.3) is 16.8 Å². The van der Waals surface area contributed by atoms with Crippen LogP contribution in [0.3, 0.4) is 0 Å². The Balaban J connectivity index is 1.44. The summed E-state index contributed by atoms with van der Waals surface area (Å²) in [6, 6.07) is 9.28. The molecule has 2 fully saturated rings. The number of hydrogen-bond acceptors (Lipinski definition) is 4. The Morgan fingerprint density at radius 1 is 1.00 bits per heavy atom. The van der Waals surface area contributed by atoms with E-state index in [1.165, 1.54) is 6.42 Å². The zero-order valence-electron chi connectivity index (χ0n) is 15.9. The van der Waals surface area contributed by atoms with Crippen molar-refractivity contribution < 1.29 is 13.6 Å². The zero-order chi connectivity index (χ0) is 20.0. The molecule has 5 heterocycles. The van der Waals surface area contributed by atoms with Gasteiger partial charge in [-0.25, -0.2) is 18.3 Å². The smallest absolute Gasteiger partial charge is 0.282 e. The number of halogens is 2. The summed E-state index contributed by atoms with van der Waals surface area (Å²) in [6.45, 7) is 0.986. The summed E-state index contributed by atoms with van der Waals surface area (Å²) in [4.78, 5) is 20.7. The van der Waals surface area contributed by atoms with Crippen molar-refractivity contribution in [3.05, 3.63) is 48.3 Å². The lowest BCUT2D eigenvalue weighted by Gasteiger charge is -2.39. The number of carbonyl (C=O) groups is 1. The van der Waals surface area contributed by atoms with Gasteiger partial charge in [0.1, 0.15) is 5.82 Å². The second-order valence-corrected chi connectivity index (χ2v) is 7.74. The van der Waals surface area contributed by atoms with Crippen LogP contribution >= 0.6 is 0 Å². The van der Waals surface area contributed by atoms with Crippen molar-refractivity contribution in [1.82, 2.24) is 19.5 Å². The zero-order valence-corrected chi connectivity index (χ0v) is 15.9. The summed E-state index contributed by atoms with van der Waals surface area (Å²) in [5, 5.41) is 4.45. The van der Waals surface area contributed by atoms with Crippen LogP contribution in [0.15, 0.2) is 42.7 Å². The molecule has 0 aromatic carbocycles. The largest absolute Gasteiger partial charge is 0.344 e. The third-order valence-corrected chi connectivity index (χ3v) is 5.63. The number of fused-ring (bicyclic) bond motifs is 1. The van der Waals surface area contributed by atoms with Gasteiger partial charge >= 0.3 is 0 Å². The van der Waals surface area contributed by atoms with Gasteiger partial charge in [-0.05, 0) is 43.5 Å². The lowest BCUT2D eigenvalue weighted by Crippen LogP contribution is -2.56. The van der Waals surface area contributed by atoms with Crippen molar-refractivity contribution in [2.45, 2.75) is 25.2 Å². The Morgan fingerprint density at radius 3 is 2.48 bits per heavy atom. The van der Waals surface area contributed by atoms with Crippen LogP contribution in [0.4, 0.5) is 14.6 Å². The van der Waals surface area contributed by atoms with E-state index in [1.54, 1.807) is 27.9 Å². The minimum absolute atomic E-state index is 0.0176. The molecule has 8 heteroatoms. The highest BCUT2D eigenvalue weighted by atomic mass is 19.3. The first-order valence-corrected chi connectivity index (χ1v) is 9.87. The maximum Gasteiger partial charge on any atom is 0.282 e. The van der Waals surface area contributed by atoms with Crippen molar-refractivity contribution in [3.63, 3.8) is 0 Å². The molecule has 2 saturated heterocycles. The Labute approximate surface area is 166 Å². The fraction of sp³-hybridized carbons (Fsp3) is 0.381. The highest BCUT2D eigenvalue weighted by molar-refractivity contribution is 6.01. The van der Waals surface area contributed by atoms with Crippen molar-refractivity contribution >= 4 is 17.2 Å². The number of anilines is 1. The van der Waals surface area contributed by atoms with E-state index in [0.717, 1.165) is 42.7 Å². The van der Waals surface area contributed by atoms with E-state index in [-0.39, 0.29) is 19.0 Å². The van der Waals surface area contributed by atoms with Crippen LogP contribution < -0.4 is 4.90 Å². The van der Waals surface area contributed by atoms with E-state index in [0.29, 0.717) is 11.4 Å². The number of aromatic nitrogens is 3. The molecule has 29 heavy (non-hydrogen) atoms. The van der Waals surface area contributed by atoms with Crippen LogP contribution in [-0.2, 0) is 0 Å². The van der Waals surface area contributed by atoms with Gasteiger partial charge in [0.2, 0.25) is 0 Å². The quantitative estimate of drug-likeness (QED) is 0.679. The van der Waals surface area contributed by atoms with Crippen LogP contribution in [0.2, 0.25) is 0 Å². The number of likely N-dealkylation sites (tertiary alicyclic amines) is 1. The maximum absolute atomic E-state index is 13.1. The van der Waals surface area contributed by atoms with E-state index in [1.807, 2.05) is 29.2 Å². The minimum atomic E-state index is -2.63. The molecular formula is C21H21F2N5O. The van der Waals surface area contributed by atoms with E-state index in [4.69, 9.17) is 0 Å². The van der Waals surface area contributed by atoms with Gasteiger partial charge < -0.3 is 9.80 Å². The summed E-state index contributed by atoms with van der Waals surface area (Å²) >= 11 is 0. The molecule has 0 atom stereocenters. The van der Waals surface area contributed by atoms with E-state index < -0.39 is 5.92 Å². The predicted molar refractivity (Wildman–Crippen MR) is 105 cm³/mol. The number of alkyl halides is 2. The molecular weight excluding hydrogens is 376 g/mol. The van der Waals surface area contributed by atoms with E-state index in [2.05, 4.69) is 10.1 Å². The molecule has 3 aromatic heterocycles. The van der Waals surface area contributed by atoms with Gasteiger partial charge in [-0.3, -0.25) is 4.79 Å². The summed E-state index contributed by atoms with van der Waals surface area (Å²) in [5.74, 6) is -2.07. The summed E-state index contributed by atoms with van der Waals surface area (Å²) in [5.41, 5.74) is 2.96. The molecule has 1 amide bonds. The van der Waals surface area contributed by atoms with Gasteiger partial charge in [0, 0.05) is 24.8 Å². The van der Waals surface area contributed by atoms with Crippen molar-refractivity contribution in [1.29, 1.82) is 0 Å². The number of hydrogen-bond donors (Lipinski definition) is 0.